The van der Waals surface area contributed by atoms with E-state index in [1.54, 1.807) is 0 Å². The van der Waals surface area contributed by atoms with E-state index in [0.717, 1.165) is 25.1 Å². The number of nitrogens with two attached hydrogens (primary N) is 1. The van der Waals surface area contributed by atoms with Crippen LogP contribution < -0.4 is 11.1 Å². The van der Waals surface area contributed by atoms with Gasteiger partial charge in [-0.3, -0.25) is 4.99 Å². The fourth-order valence-electron chi connectivity index (χ4n) is 3.51. The zero-order chi connectivity index (χ0) is 17.4. The van der Waals surface area contributed by atoms with E-state index in [1.807, 2.05) is 0 Å². The molecule has 4 nitrogen and oxygen atoms in total. The summed E-state index contributed by atoms with van der Waals surface area (Å²) in [5, 5.41) is 3.37. The highest BCUT2D eigenvalue weighted by Gasteiger charge is 2.18. The number of hydrogen-bond donors (Lipinski definition) is 2. The van der Waals surface area contributed by atoms with Crippen molar-refractivity contribution in [3.05, 3.63) is 29.3 Å². The van der Waals surface area contributed by atoms with Crippen LogP contribution in [0.2, 0.25) is 0 Å². The quantitative estimate of drug-likeness (QED) is 0.365. The van der Waals surface area contributed by atoms with Crippen molar-refractivity contribution >= 4 is 35.6 Å². The highest BCUT2D eigenvalue weighted by Crippen LogP contribution is 2.22. The van der Waals surface area contributed by atoms with Gasteiger partial charge in [-0.15, -0.1) is 24.0 Å². The normalized spacial score (nSPS) is 16.5. The van der Waals surface area contributed by atoms with Crippen molar-refractivity contribution in [3.8, 4) is 0 Å². The molecule has 0 amide bonds. The lowest BCUT2D eigenvalue weighted by Gasteiger charge is -2.30. The number of halogens is 1. The average Bonchev–Trinajstić information content (AvgIpc) is 2.61. The minimum Gasteiger partial charge on any atom is -0.370 e. The molecule has 1 heterocycles. The van der Waals surface area contributed by atoms with Gasteiger partial charge in [-0.25, -0.2) is 0 Å². The summed E-state index contributed by atoms with van der Waals surface area (Å²) in [6.45, 7) is 11.1. The van der Waals surface area contributed by atoms with E-state index in [-0.39, 0.29) is 24.0 Å². The van der Waals surface area contributed by atoms with Crippen molar-refractivity contribution in [2.45, 2.75) is 52.9 Å². The van der Waals surface area contributed by atoms with E-state index >= 15 is 0 Å². The Morgan fingerprint density at radius 1 is 1.16 bits per heavy atom. The van der Waals surface area contributed by atoms with Gasteiger partial charge in [-0.2, -0.15) is 0 Å². The van der Waals surface area contributed by atoms with Gasteiger partial charge in [-0.1, -0.05) is 39.0 Å². The molecule has 0 radical (unpaired) electrons. The van der Waals surface area contributed by atoms with Crippen LogP contribution in [0.25, 0.3) is 0 Å². The maximum atomic E-state index is 6.17. The molecule has 1 aromatic carbocycles. The molecule has 0 spiro atoms. The molecule has 1 saturated heterocycles. The molecule has 0 atom stereocenters. The largest absolute Gasteiger partial charge is 0.370 e. The molecule has 0 aliphatic carbocycles. The van der Waals surface area contributed by atoms with Crippen molar-refractivity contribution in [3.63, 3.8) is 0 Å². The smallest absolute Gasteiger partial charge is 0.193 e. The van der Waals surface area contributed by atoms with Crippen molar-refractivity contribution in [1.29, 1.82) is 0 Å². The Labute approximate surface area is 170 Å². The molecule has 1 aromatic rings. The minimum atomic E-state index is 0. The molecular formula is C20H35IN4. The number of anilines is 1. The van der Waals surface area contributed by atoms with E-state index < -0.39 is 0 Å². The zero-order valence-electron chi connectivity index (χ0n) is 16.1. The molecule has 2 rings (SSSR count). The number of nitrogens with one attached hydrogen (secondary N) is 1. The first-order valence-electron chi connectivity index (χ1n) is 9.57. The number of para-hydroxylation sites is 1. The number of aryl methyl sites for hydroxylation is 2. The van der Waals surface area contributed by atoms with Gasteiger partial charge in [0.1, 0.15) is 0 Å². The van der Waals surface area contributed by atoms with Gasteiger partial charge in [0.05, 0.1) is 0 Å². The Morgan fingerprint density at radius 3 is 2.28 bits per heavy atom. The third kappa shape index (κ3) is 6.77. The summed E-state index contributed by atoms with van der Waals surface area (Å²) in [5.41, 5.74) is 9.94. The number of guanidine groups is 1. The fraction of sp³-hybridized carbons (Fsp3) is 0.650. The predicted molar refractivity (Wildman–Crippen MR) is 120 cm³/mol. The number of nitrogens with zero attached hydrogens (tertiary/aromatic N) is 2. The van der Waals surface area contributed by atoms with Crippen molar-refractivity contribution in [2.24, 2.45) is 16.6 Å². The molecule has 1 fully saturated rings. The van der Waals surface area contributed by atoms with E-state index in [9.17, 15) is 0 Å². The van der Waals surface area contributed by atoms with Gasteiger partial charge < -0.3 is 16.0 Å². The van der Waals surface area contributed by atoms with Crippen LogP contribution in [-0.4, -0.2) is 37.0 Å². The number of piperidine rings is 1. The van der Waals surface area contributed by atoms with Crippen LogP contribution in [0, 0.1) is 5.92 Å². The summed E-state index contributed by atoms with van der Waals surface area (Å²) in [5.74, 6) is 1.23. The van der Waals surface area contributed by atoms with Crippen LogP contribution in [0.5, 0.6) is 0 Å². The maximum Gasteiger partial charge on any atom is 0.193 e. The second-order valence-corrected chi connectivity index (χ2v) is 6.79. The molecule has 0 unspecified atom stereocenters. The third-order valence-corrected chi connectivity index (χ3v) is 5.02. The Kier molecular flexibility index (Phi) is 10.4. The van der Waals surface area contributed by atoms with Gasteiger partial charge in [-0.05, 0) is 68.8 Å². The topological polar surface area (TPSA) is 53.6 Å². The Balaban J connectivity index is 0.00000312. The minimum absolute atomic E-state index is 0. The summed E-state index contributed by atoms with van der Waals surface area (Å²) >= 11 is 0. The highest BCUT2D eigenvalue weighted by atomic mass is 127. The number of aliphatic imine (C=N–C) groups is 1. The maximum absolute atomic E-state index is 6.17. The third-order valence-electron chi connectivity index (χ3n) is 5.02. The Bertz CT molecular complexity index is 514. The van der Waals surface area contributed by atoms with Crippen molar-refractivity contribution in [1.82, 2.24) is 4.90 Å². The molecular weight excluding hydrogens is 423 g/mol. The number of hydrogen-bond acceptors (Lipinski definition) is 2. The summed E-state index contributed by atoms with van der Waals surface area (Å²) in [6, 6.07) is 6.46. The fourth-order valence-corrected chi connectivity index (χ4v) is 3.51. The van der Waals surface area contributed by atoms with Crippen LogP contribution in [0.15, 0.2) is 23.2 Å². The summed E-state index contributed by atoms with van der Waals surface area (Å²) in [7, 11) is 0. The van der Waals surface area contributed by atoms with Gasteiger partial charge in [0.15, 0.2) is 5.96 Å². The Hall–Kier alpha value is -0.820. The second kappa shape index (κ2) is 11.7. The Morgan fingerprint density at radius 2 is 1.76 bits per heavy atom. The molecule has 5 heteroatoms. The van der Waals surface area contributed by atoms with Crippen LogP contribution >= 0.6 is 24.0 Å². The SMILES string of the molecule is CCCN1CCC(CN=C(N)Nc2c(CC)cccc2CC)CC1.I. The van der Waals surface area contributed by atoms with E-state index in [2.05, 4.69) is 54.2 Å². The van der Waals surface area contributed by atoms with Crippen molar-refractivity contribution < 1.29 is 0 Å². The lowest BCUT2D eigenvalue weighted by molar-refractivity contribution is 0.188. The van der Waals surface area contributed by atoms with Gasteiger partial charge in [0.2, 0.25) is 0 Å². The molecule has 0 saturated carbocycles. The standard InChI is InChI=1S/C20H34N4.HI/c1-4-12-24-13-10-16(11-14-24)15-22-20(21)23-19-17(5-2)8-7-9-18(19)6-3;/h7-9,16H,4-6,10-15H2,1-3H3,(H3,21,22,23);1H. The van der Waals surface area contributed by atoms with Crippen LogP contribution in [0.1, 0.15) is 51.2 Å². The molecule has 142 valence electrons. The second-order valence-electron chi connectivity index (χ2n) is 6.79. The van der Waals surface area contributed by atoms with Gasteiger partial charge in [0.25, 0.3) is 0 Å². The monoisotopic (exact) mass is 458 g/mol. The molecule has 1 aliphatic heterocycles. The van der Waals surface area contributed by atoms with E-state index in [0.29, 0.717) is 11.9 Å². The summed E-state index contributed by atoms with van der Waals surface area (Å²) < 4.78 is 0. The molecule has 1 aliphatic rings. The zero-order valence-corrected chi connectivity index (χ0v) is 18.4. The molecule has 0 bridgehead atoms. The number of benzene rings is 1. The average molecular weight is 458 g/mol. The lowest BCUT2D eigenvalue weighted by atomic mass is 9.97. The first-order valence-corrected chi connectivity index (χ1v) is 9.57. The van der Waals surface area contributed by atoms with Crippen LogP contribution in [0.3, 0.4) is 0 Å². The predicted octanol–water partition coefficient (Wildman–Crippen LogP) is 4.28. The first-order chi connectivity index (χ1) is 11.7. The number of rotatable bonds is 7. The lowest BCUT2D eigenvalue weighted by Crippen LogP contribution is -2.35. The number of likely N-dealkylation sites (tertiary alicyclic amines) is 1. The van der Waals surface area contributed by atoms with Gasteiger partial charge >= 0.3 is 0 Å². The first kappa shape index (κ1) is 22.2. The van der Waals surface area contributed by atoms with E-state index in [4.69, 9.17) is 5.73 Å². The highest BCUT2D eigenvalue weighted by molar-refractivity contribution is 14.0. The molecule has 0 aromatic heterocycles. The summed E-state index contributed by atoms with van der Waals surface area (Å²) in [6.07, 6.45) is 5.72. The van der Waals surface area contributed by atoms with Gasteiger partial charge in [0, 0.05) is 12.2 Å². The molecule has 25 heavy (non-hydrogen) atoms. The van der Waals surface area contributed by atoms with Crippen LogP contribution in [-0.2, 0) is 12.8 Å². The van der Waals surface area contributed by atoms with E-state index in [1.165, 1.54) is 50.0 Å². The summed E-state index contributed by atoms with van der Waals surface area (Å²) in [4.78, 5) is 7.19. The molecule has 3 N–H and O–H groups in total. The van der Waals surface area contributed by atoms with Crippen molar-refractivity contribution in [2.75, 3.05) is 31.5 Å². The van der Waals surface area contributed by atoms with Crippen LogP contribution in [0.4, 0.5) is 5.69 Å².